The largest absolute Gasteiger partial charge is 0.441 e. The van der Waals surface area contributed by atoms with Crippen molar-refractivity contribution < 1.29 is 14.3 Å². The second kappa shape index (κ2) is 6.83. The summed E-state index contributed by atoms with van der Waals surface area (Å²) in [5, 5.41) is 4.19. The lowest BCUT2D eigenvalue weighted by Crippen LogP contribution is -2.49. The van der Waals surface area contributed by atoms with Gasteiger partial charge in [0.05, 0.1) is 12.7 Å². The zero-order valence-electron chi connectivity index (χ0n) is 15.8. The average Bonchev–Trinajstić information content (AvgIpc) is 3.23. The first-order valence-corrected chi connectivity index (χ1v) is 9.60. The van der Waals surface area contributed by atoms with Crippen LogP contribution in [0.25, 0.3) is 5.65 Å². The van der Waals surface area contributed by atoms with Crippen LogP contribution in [-0.4, -0.2) is 67.7 Å². The van der Waals surface area contributed by atoms with E-state index in [4.69, 9.17) is 4.74 Å². The van der Waals surface area contributed by atoms with Crippen molar-refractivity contribution in [2.24, 2.45) is 0 Å². The Bertz CT molecular complexity index is 856. The molecular weight excluding hydrogens is 346 g/mol. The number of likely N-dealkylation sites (tertiary alicyclic amines) is 1. The quantitative estimate of drug-likeness (QED) is 0.824. The van der Waals surface area contributed by atoms with Crippen molar-refractivity contribution >= 4 is 17.6 Å². The fourth-order valence-electron chi connectivity index (χ4n) is 4.09. The van der Waals surface area contributed by atoms with Gasteiger partial charge in [0.15, 0.2) is 5.65 Å². The summed E-state index contributed by atoms with van der Waals surface area (Å²) in [6.45, 7) is 5.93. The van der Waals surface area contributed by atoms with E-state index in [0.29, 0.717) is 43.7 Å². The van der Waals surface area contributed by atoms with Gasteiger partial charge in [-0.3, -0.25) is 4.79 Å². The molecule has 0 radical (unpaired) electrons. The number of piperidine rings is 1. The number of carbonyl (C=O) groups excluding carboxylic acids is 2. The molecule has 144 valence electrons. The molecule has 2 aromatic rings. The third-order valence-corrected chi connectivity index (χ3v) is 5.71. The summed E-state index contributed by atoms with van der Waals surface area (Å²) in [6, 6.07) is 1.96. The minimum Gasteiger partial charge on any atom is -0.441 e. The van der Waals surface area contributed by atoms with E-state index in [1.807, 2.05) is 9.80 Å². The van der Waals surface area contributed by atoms with Crippen LogP contribution in [0.1, 0.15) is 49.9 Å². The van der Waals surface area contributed by atoms with Crippen molar-refractivity contribution in [3.8, 4) is 0 Å². The van der Waals surface area contributed by atoms with Gasteiger partial charge in [-0.1, -0.05) is 13.3 Å². The molecule has 0 N–H and O–H groups in total. The van der Waals surface area contributed by atoms with Crippen LogP contribution in [0.5, 0.6) is 0 Å². The van der Waals surface area contributed by atoms with Crippen LogP contribution in [0.2, 0.25) is 0 Å². The van der Waals surface area contributed by atoms with Crippen molar-refractivity contribution in [3.63, 3.8) is 0 Å². The standard InChI is InChI=1S/C19H25N5O3/c1-3-5-14(2)23-13-19(27-18(23)26)6-10-22(11-7-19)17(25)15-12-21-24-9-4-8-20-16(15)24/h4,8-9,12,14H,3,5-7,10-11,13H2,1-2H3. The van der Waals surface area contributed by atoms with Crippen molar-refractivity contribution in [3.05, 3.63) is 30.2 Å². The van der Waals surface area contributed by atoms with E-state index in [2.05, 4.69) is 23.9 Å². The average molecular weight is 371 g/mol. The van der Waals surface area contributed by atoms with Gasteiger partial charge in [0.2, 0.25) is 0 Å². The summed E-state index contributed by atoms with van der Waals surface area (Å²) >= 11 is 0. The molecule has 2 aliphatic heterocycles. The summed E-state index contributed by atoms with van der Waals surface area (Å²) < 4.78 is 7.38. The maximum atomic E-state index is 12.9. The lowest BCUT2D eigenvalue weighted by atomic mass is 9.90. The fraction of sp³-hybridized carbons (Fsp3) is 0.579. The smallest absolute Gasteiger partial charge is 0.410 e. The third kappa shape index (κ3) is 3.13. The molecule has 0 saturated carbocycles. The van der Waals surface area contributed by atoms with Gasteiger partial charge in [0.1, 0.15) is 11.2 Å². The molecule has 4 rings (SSSR count). The molecule has 8 heteroatoms. The normalized spacial score (nSPS) is 20.3. The maximum Gasteiger partial charge on any atom is 0.410 e. The highest BCUT2D eigenvalue weighted by Crippen LogP contribution is 2.35. The van der Waals surface area contributed by atoms with Gasteiger partial charge >= 0.3 is 6.09 Å². The fourth-order valence-corrected chi connectivity index (χ4v) is 4.09. The molecule has 0 bridgehead atoms. The van der Waals surface area contributed by atoms with Gasteiger partial charge in [0, 0.05) is 44.4 Å². The Morgan fingerprint density at radius 3 is 2.89 bits per heavy atom. The molecule has 0 aromatic carbocycles. The second-order valence-electron chi connectivity index (χ2n) is 7.55. The van der Waals surface area contributed by atoms with Gasteiger partial charge < -0.3 is 14.5 Å². The van der Waals surface area contributed by atoms with Crippen molar-refractivity contribution in [2.45, 2.75) is 51.2 Å². The monoisotopic (exact) mass is 371 g/mol. The first-order valence-electron chi connectivity index (χ1n) is 9.60. The summed E-state index contributed by atoms with van der Waals surface area (Å²) in [5.41, 5.74) is 0.609. The van der Waals surface area contributed by atoms with Crippen molar-refractivity contribution in [1.82, 2.24) is 24.4 Å². The number of hydrogen-bond donors (Lipinski definition) is 0. The Labute approximate surface area is 158 Å². The molecule has 2 fully saturated rings. The Morgan fingerprint density at radius 1 is 1.37 bits per heavy atom. The second-order valence-corrected chi connectivity index (χ2v) is 7.55. The predicted molar refractivity (Wildman–Crippen MR) is 98.4 cm³/mol. The first-order chi connectivity index (χ1) is 13.0. The molecule has 1 unspecified atom stereocenters. The Morgan fingerprint density at radius 2 is 2.15 bits per heavy atom. The van der Waals surface area contributed by atoms with Crippen LogP contribution in [0.15, 0.2) is 24.7 Å². The summed E-state index contributed by atoms with van der Waals surface area (Å²) in [4.78, 5) is 33.1. The summed E-state index contributed by atoms with van der Waals surface area (Å²) in [7, 11) is 0. The van der Waals surface area contributed by atoms with Gasteiger partial charge in [-0.15, -0.1) is 0 Å². The highest BCUT2D eigenvalue weighted by molar-refractivity contribution is 5.99. The SMILES string of the molecule is CCCC(C)N1CC2(CCN(C(=O)c3cnn4cccnc34)CC2)OC1=O. The molecule has 2 saturated heterocycles. The number of carbonyl (C=O) groups is 2. The van der Waals surface area contributed by atoms with Gasteiger partial charge in [0.25, 0.3) is 5.91 Å². The number of amides is 2. The molecule has 4 heterocycles. The minimum atomic E-state index is -0.463. The lowest BCUT2D eigenvalue weighted by Gasteiger charge is -2.37. The van der Waals surface area contributed by atoms with Gasteiger partial charge in [-0.25, -0.2) is 14.3 Å². The third-order valence-electron chi connectivity index (χ3n) is 5.71. The van der Waals surface area contributed by atoms with Crippen LogP contribution < -0.4 is 0 Å². The summed E-state index contributed by atoms with van der Waals surface area (Å²) in [5.74, 6) is -0.0703. The highest BCUT2D eigenvalue weighted by Gasteiger charge is 2.48. The number of rotatable bonds is 4. The van der Waals surface area contributed by atoms with Crippen LogP contribution >= 0.6 is 0 Å². The summed E-state index contributed by atoms with van der Waals surface area (Å²) in [6.07, 6.45) is 8.10. The van der Waals surface area contributed by atoms with E-state index < -0.39 is 5.60 Å². The van der Waals surface area contributed by atoms with E-state index in [-0.39, 0.29) is 18.0 Å². The molecule has 1 spiro atoms. The molecular formula is C19H25N5O3. The topological polar surface area (TPSA) is 80.0 Å². The molecule has 2 aromatic heterocycles. The predicted octanol–water partition coefficient (Wildman–Crippen LogP) is 2.34. The number of ether oxygens (including phenoxy) is 1. The Hall–Kier alpha value is -2.64. The molecule has 0 aliphatic carbocycles. The molecule has 1 atom stereocenters. The van der Waals surface area contributed by atoms with Crippen LogP contribution in [0.3, 0.4) is 0 Å². The van der Waals surface area contributed by atoms with E-state index >= 15 is 0 Å². The van der Waals surface area contributed by atoms with Crippen LogP contribution in [0.4, 0.5) is 4.79 Å². The van der Waals surface area contributed by atoms with Crippen molar-refractivity contribution in [2.75, 3.05) is 19.6 Å². The van der Waals surface area contributed by atoms with Gasteiger partial charge in [-0.05, 0) is 19.4 Å². The number of hydrogen-bond acceptors (Lipinski definition) is 5. The number of fused-ring (bicyclic) bond motifs is 1. The van der Waals surface area contributed by atoms with Crippen molar-refractivity contribution in [1.29, 1.82) is 0 Å². The zero-order valence-corrected chi connectivity index (χ0v) is 15.8. The van der Waals surface area contributed by atoms with E-state index in [9.17, 15) is 9.59 Å². The Balaban J connectivity index is 1.43. The lowest BCUT2D eigenvalue weighted by molar-refractivity contribution is 0.00312. The zero-order chi connectivity index (χ0) is 19.0. The number of nitrogens with zero attached hydrogens (tertiary/aromatic N) is 5. The molecule has 2 amide bonds. The van der Waals surface area contributed by atoms with E-state index in [0.717, 1.165) is 12.8 Å². The van der Waals surface area contributed by atoms with E-state index in [1.54, 1.807) is 29.2 Å². The highest BCUT2D eigenvalue weighted by atomic mass is 16.6. The van der Waals surface area contributed by atoms with E-state index in [1.165, 1.54) is 0 Å². The Kier molecular flexibility index (Phi) is 4.49. The minimum absolute atomic E-state index is 0.0703. The van der Waals surface area contributed by atoms with Gasteiger partial charge in [-0.2, -0.15) is 5.10 Å². The van der Waals surface area contributed by atoms with Crippen LogP contribution in [0, 0.1) is 0 Å². The first kappa shape index (κ1) is 17.8. The molecule has 27 heavy (non-hydrogen) atoms. The molecule has 8 nitrogen and oxygen atoms in total. The molecule has 2 aliphatic rings. The van der Waals surface area contributed by atoms with Crippen LogP contribution in [-0.2, 0) is 4.74 Å². The number of aromatic nitrogens is 3. The maximum absolute atomic E-state index is 12.9.